The minimum atomic E-state index is -3.74. The molecule has 3 rings (SSSR count). The highest BCUT2D eigenvalue weighted by atomic mass is 35.5. The van der Waals surface area contributed by atoms with Crippen LogP contribution in [0, 0.1) is 10.1 Å². The van der Waals surface area contributed by atoms with Crippen LogP contribution in [0.15, 0.2) is 53.4 Å². The van der Waals surface area contributed by atoms with Crippen LogP contribution in [0.25, 0.3) is 0 Å². The van der Waals surface area contributed by atoms with Gasteiger partial charge in [0, 0.05) is 29.5 Å². The summed E-state index contributed by atoms with van der Waals surface area (Å²) in [5, 5.41) is 10.9. The molecule has 126 valence electrons. The lowest BCUT2D eigenvalue weighted by Gasteiger charge is -2.23. The Morgan fingerprint density at radius 1 is 1.21 bits per heavy atom. The molecule has 1 fully saturated rings. The van der Waals surface area contributed by atoms with E-state index in [1.807, 2.05) is 6.07 Å². The number of hydrogen-bond acceptors (Lipinski definition) is 5. The standard InChI is InChI=1S/C15H13ClN2O4S2/c16-12-3-1-2-11(10-12)15-17(8-9-23-15)24(21,22)14-6-4-13(5-7-14)18(19)20/h1-7,10,15H,8-9H2/t15-/m1/s1. The minimum Gasteiger partial charge on any atom is -0.258 e. The summed E-state index contributed by atoms with van der Waals surface area (Å²) in [4.78, 5) is 10.2. The van der Waals surface area contributed by atoms with Crippen LogP contribution in [0.1, 0.15) is 10.9 Å². The van der Waals surface area contributed by atoms with Crippen molar-refractivity contribution in [3.8, 4) is 0 Å². The Morgan fingerprint density at radius 2 is 1.92 bits per heavy atom. The molecule has 6 nitrogen and oxygen atoms in total. The Bertz CT molecular complexity index is 871. The molecule has 0 radical (unpaired) electrons. The van der Waals surface area contributed by atoms with Gasteiger partial charge >= 0.3 is 0 Å². The van der Waals surface area contributed by atoms with Gasteiger partial charge in [-0.25, -0.2) is 8.42 Å². The van der Waals surface area contributed by atoms with Gasteiger partial charge in [-0.1, -0.05) is 23.7 Å². The van der Waals surface area contributed by atoms with Crippen molar-refractivity contribution in [2.75, 3.05) is 12.3 Å². The van der Waals surface area contributed by atoms with Crippen molar-refractivity contribution < 1.29 is 13.3 Å². The van der Waals surface area contributed by atoms with E-state index in [0.29, 0.717) is 17.3 Å². The number of halogens is 1. The molecular formula is C15H13ClN2O4S2. The number of nitro groups is 1. The molecule has 0 amide bonds. The Morgan fingerprint density at radius 3 is 2.54 bits per heavy atom. The summed E-state index contributed by atoms with van der Waals surface area (Å²) in [6.07, 6.45) is 0. The van der Waals surface area contributed by atoms with Gasteiger partial charge in [-0.2, -0.15) is 4.31 Å². The van der Waals surface area contributed by atoms with Crippen LogP contribution in [0.2, 0.25) is 5.02 Å². The van der Waals surface area contributed by atoms with E-state index < -0.39 is 14.9 Å². The van der Waals surface area contributed by atoms with Crippen molar-refractivity contribution in [2.45, 2.75) is 10.3 Å². The maximum absolute atomic E-state index is 12.9. The fourth-order valence-corrected chi connectivity index (χ4v) is 5.93. The first-order valence-corrected chi connectivity index (χ1v) is 9.89. The molecule has 2 aromatic carbocycles. The molecule has 1 saturated heterocycles. The third kappa shape index (κ3) is 3.27. The van der Waals surface area contributed by atoms with Crippen molar-refractivity contribution in [3.63, 3.8) is 0 Å². The predicted molar refractivity (Wildman–Crippen MR) is 93.6 cm³/mol. The number of hydrogen-bond donors (Lipinski definition) is 0. The van der Waals surface area contributed by atoms with Crippen LogP contribution >= 0.6 is 23.4 Å². The molecule has 9 heteroatoms. The first-order chi connectivity index (χ1) is 11.4. The fraction of sp³-hybridized carbons (Fsp3) is 0.200. The molecular weight excluding hydrogens is 372 g/mol. The number of sulfonamides is 1. The van der Waals surface area contributed by atoms with E-state index in [4.69, 9.17) is 11.6 Å². The zero-order chi connectivity index (χ0) is 17.3. The van der Waals surface area contributed by atoms with Crippen LogP contribution in [-0.4, -0.2) is 29.9 Å². The maximum Gasteiger partial charge on any atom is 0.269 e. The lowest BCUT2D eigenvalue weighted by atomic mass is 10.2. The minimum absolute atomic E-state index is 0.0441. The lowest BCUT2D eigenvalue weighted by Crippen LogP contribution is -2.30. The Labute approximate surface area is 148 Å². The van der Waals surface area contributed by atoms with Gasteiger partial charge < -0.3 is 0 Å². The molecule has 1 aliphatic heterocycles. The molecule has 1 atom stereocenters. The van der Waals surface area contributed by atoms with Crippen LogP contribution in [0.5, 0.6) is 0 Å². The second kappa shape index (κ2) is 6.72. The Kier molecular flexibility index (Phi) is 4.82. The predicted octanol–water partition coefficient (Wildman–Crippen LogP) is 3.68. The van der Waals surface area contributed by atoms with E-state index >= 15 is 0 Å². The van der Waals surface area contributed by atoms with Crippen molar-refractivity contribution in [1.82, 2.24) is 4.31 Å². The summed E-state index contributed by atoms with van der Waals surface area (Å²) in [6, 6.07) is 12.1. The summed E-state index contributed by atoms with van der Waals surface area (Å²) < 4.78 is 27.2. The third-order valence-corrected chi connectivity index (χ3v) is 7.14. The van der Waals surface area contributed by atoms with Gasteiger partial charge in [-0.05, 0) is 29.8 Å². The highest BCUT2D eigenvalue weighted by Crippen LogP contribution is 2.42. The smallest absolute Gasteiger partial charge is 0.258 e. The van der Waals surface area contributed by atoms with E-state index in [0.717, 1.165) is 5.56 Å². The zero-order valence-electron chi connectivity index (χ0n) is 12.3. The van der Waals surface area contributed by atoms with Gasteiger partial charge in [0.05, 0.1) is 15.2 Å². The molecule has 0 aliphatic carbocycles. The van der Waals surface area contributed by atoms with Gasteiger partial charge in [0.2, 0.25) is 10.0 Å². The summed E-state index contributed by atoms with van der Waals surface area (Å²) in [6.45, 7) is 0.376. The molecule has 0 saturated carbocycles. The average Bonchev–Trinajstić information content (AvgIpc) is 3.05. The van der Waals surface area contributed by atoms with Gasteiger partial charge in [-0.3, -0.25) is 10.1 Å². The van der Waals surface area contributed by atoms with Crippen LogP contribution in [-0.2, 0) is 10.0 Å². The fourth-order valence-electron chi connectivity index (χ4n) is 2.50. The quantitative estimate of drug-likeness (QED) is 0.593. The molecule has 0 unspecified atom stereocenters. The maximum atomic E-state index is 12.9. The third-order valence-electron chi connectivity index (χ3n) is 3.64. The van der Waals surface area contributed by atoms with Gasteiger partial charge in [0.15, 0.2) is 0 Å². The zero-order valence-corrected chi connectivity index (χ0v) is 14.7. The summed E-state index contributed by atoms with van der Waals surface area (Å²) in [7, 11) is -3.74. The number of non-ortho nitro benzene ring substituents is 1. The van der Waals surface area contributed by atoms with E-state index in [1.165, 1.54) is 40.3 Å². The largest absolute Gasteiger partial charge is 0.269 e. The molecule has 0 N–H and O–H groups in total. The molecule has 1 heterocycles. The Hall–Kier alpha value is -1.61. The second-order valence-electron chi connectivity index (χ2n) is 5.14. The number of nitro benzene ring substituents is 1. The van der Waals surface area contributed by atoms with E-state index in [2.05, 4.69) is 0 Å². The first-order valence-electron chi connectivity index (χ1n) is 7.03. The molecule has 2 aromatic rings. The van der Waals surface area contributed by atoms with E-state index in [-0.39, 0.29) is 16.0 Å². The Balaban J connectivity index is 1.94. The van der Waals surface area contributed by atoms with Crippen LogP contribution in [0.3, 0.4) is 0 Å². The van der Waals surface area contributed by atoms with E-state index in [9.17, 15) is 18.5 Å². The highest BCUT2D eigenvalue weighted by Gasteiger charge is 2.37. The number of benzene rings is 2. The van der Waals surface area contributed by atoms with Gasteiger partial charge in [0.1, 0.15) is 0 Å². The monoisotopic (exact) mass is 384 g/mol. The topological polar surface area (TPSA) is 80.5 Å². The summed E-state index contributed by atoms with van der Waals surface area (Å²) >= 11 is 7.53. The van der Waals surface area contributed by atoms with Crippen molar-refractivity contribution in [3.05, 3.63) is 69.2 Å². The van der Waals surface area contributed by atoms with Crippen LogP contribution in [0.4, 0.5) is 5.69 Å². The number of thioether (sulfide) groups is 1. The number of nitrogens with zero attached hydrogens (tertiary/aromatic N) is 2. The number of rotatable bonds is 4. The SMILES string of the molecule is O=[N+]([O-])c1ccc(S(=O)(=O)N2CCS[C@@H]2c2cccc(Cl)c2)cc1. The highest BCUT2D eigenvalue weighted by molar-refractivity contribution is 8.01. The van der Waals surface area contributed by atoms with Crippen molar-refractivity contribution in [2.24, 2.45) is 0 Å². The molecule has 0 bridgehead atoms. The second-order valence-corrected chi connectivity index (χ2v) is 8.66. The molecule has 0 aromatic heterocycles. The molecule has 1 aliphatic rings. The van der Waals surface area contributed by atoms with Gasteiger partial charge in [0.25, 0.3) is 5.69 Å². The molecule has 0 spiro atoms. The average molecular weight is 385 g/mol. The van der Waals surface area contributed by atoms with E-state index in [1.54, 1.807) is 18.2 Å². The lowest BCUT2D eigenvalue weighted by molar-refractivity contribution is -0.384. The van der Waals surface area contributed by atoms with Crippen molar-refractivity contribution in [1.29, 1.82) is 0 Å². The normalized spacial score (nSPS) is 18.6. The summed E-state index contributed by atoms with van der Waals surface area (Å²) in [5.74, 6) is 0.670. The van der Waals surface area contributed by atoms with Crippen LogP contribution < -0.4 is 0 Å². The summed E-state index contributed by atoms with van der Waals surface area (Å²) in [5.41, 5.74) is 0.673. The van der Waals surface area contributed by atoms with Gasteiger partial charge in [-0.15, -0.1) is 11.8 Å². The first kappa shape index (κ1) is 17.2. The van der Waals surface area contributed by atoms with Crippen molar-refractivity contribution >= 4 is 39.1 Å². The molecule has 24 heavy (non-hydrogen) atoms.